The number of ether oxygens (including phenoxy) is 2. The molecule has 0 heterocycles. The number of nitrogens with two attached hydrogens (primary N) is 1. The molecule has 0 aliphatic rings. The van der Waals surface area contributed by atoms with Crippen LogP contribution in [0.5, 0.6) is 0 Å². The maximum Gasteiger partial charge on any atom is 0.410 e. The summed E-state index contributed by atoms with van der Waals surface area (Å²) in [5.74, 6) is -1.97. The first-order valence-electron chi connectivity index (χ1n) is 5.60. The molecule has 0 radical (unpaired) electrons. The fourth-order valence-electron chi connectivity index (χ4n) is 1.16. The number of carboxylic acids is 1. The topological polar surface area (TPSA) is 119 Å². The van der Waals surface area contributed by atoms with E-state index in [1.165, 1.54) is 0 Å². The number of hydrogen-bond acceptors (Lipinski definition) is 6. The van der Waals surface area contributed by atoms with Crippen LogP contribution in [-0.4, -0.2) is 59.9 Å². The third-order valence-electron chi connectivity index (χ3n) is 1.90. The zero-order valence-electron chi connectivity index (χ0n) is 11.5. The van der Waals surface area contributed by atoms with Gasteiger partial charge in [0.25, 0.3) is 0 Å². The third-order valence-corrected chi connectivity index (χ3v) is 1.90. The maximum absolute atomic E-state index is 11.8. The molecule has 1 atom stereocenters. The molecule has 0 saturated carbocycles. The Labute approximate surface area is 111 Å². The summed E-state index contributed by atoms with van der Waals surface area (Å²) in [6.45, 7) is 4.02. The van der Waals surface area contributed by atoms with Gasteiger partial charge in [0.2, 0.25) is 0 Å². The van der Waals surface area contributed by atoms with E-state index < -0.39 is 36.2 Å². The number of carboxylic acid groups (broad SMARTS) is 1. The lowest BCUT2D eigenvalue weighted by atomic mass is 10.2. The van der Waals surface area contributed by atoms with Crippen LogP contribution in [0.3, 0.4) is 0 Å². The number of carbonyl (C=O) groups excluding carboxylic acids is 2. The van der Waals surface area contributed by atoms with Crippen LogP contribution in [-0.2, 0) is 19.1 Å². The predicted molar refractivity (Wildman–Crippen MR) is 65.4 cm³/mol. The Morgan fingerprint density at radius 3 is 2.21 bits per heavy atom. The van der Waals surface area contributed by atoms with Gasteiger partial charge in [0, 0.05) is 0 Å². The predicted octanol–water partition coefficient (Wildman–Crippen LogP) is -0.192. The van der Waals surface area contributed by atoms with Gasteiger partial charge in [0.1, 0.15) is 18.2 Å². The summed E-state index contributed by atoms with van der Waals surface area (Å²) in [6.07, 6.45) is -0.853. The monoisotopic (exact) mass is 276 g/mol. The van der Waals surface area contributed by atoms with Crippen LogP contribution in [0.1, 0.15) is 20.8 Å². The largest absolute Gasteiger partial charge is 0.480 e. The second-order valence-electron chi connectivity index (χ2n) is 4.88. The van der Waals surface area contributed by atoms with Crippen LogP contribution in [0, 0.1) is 0 Å². The molecular weight excluding hydrogens is 256 g/mol. The van der Waals surface area contributed by atoms with Crippen molar-refractivity contribution in [3.05, 3.63) is 0 Å². The molecule has 8 nitrogen and oxygen atoms in total. The van der Waals surface area contributed by atoms with Crippen molar-refractivity contribution in [3.63, 3.8) is 0 Å². The van der Waals surface area contributed by atoms with Gasteiger partial charge in [-0.25, -0.2) is 4.79 Å². The maximum atomic E-state index is 11.8. The van der Waals surface area contributed by atoms with Gasteiger partial charge in [-0.1, -0.05) is 0 Å². The fraction of sp³-hybridized carbons (Fsp3) is 0.727. The molecule has 0 aromatic heterocycles. The molecule has 8 heteroatoms. The van der Waals surface area contributed by atoms with Crippen molar-refractivity contribution in [2.45, 2.75) is 32.4 Å². The summed E-state index contributed by atoms with van der Waals surface area (Å²) in [4.78, 5) is 34.5. The molecule has 0 aromatic rings. The molecule has 0 aromatic carbocycles. The van der Waals surface area contributed by atoms with E-state index in [1.54, 1.807) is 20.8 Å². The molecule has 0 rings (SSSR count). The van der Waals surface area contributed by atoms with E-state index in [2.05, 4.69) is 4.74 Å². The van der Waals surface area contributed by atoms with Crippen molar-refractivity contribution in [1.29, 1.82) is 0 Å². The molecule has 1 amide bonds. The second kappa shape index (κ2) is 6.93. The van der Waals surface area contributed by atoms with E-state index in [0.29, 0.717) is 0 Å². The number of aliphatic carboxylic acids is 1. The van der Waals surface area contributed by atoms with Crippen molar-refractivity contribution in [3.8, 4) is 0 Å². The van der Waals surface area contributed by atoms with E-state index >= 15 is 0 Å². The SMILES string of the molecule is COC(=O)[C@H](N)CN(CC(=O)O)C(=O)OC(C)(C)C. The molecular formula is C11H20N2O6. The van der Waals surface area contributed by atoms with Crippen LogP contribution < -0.4 is 5.73 Å². The van der Waals surface area contributed by atoms with Gasteiger partial charge in [0.05, 0.1) is 13.7 Å². The van der Waals surface area contributed by atoms with Crippen LogP contribution >= 0.6 is 0 Å². The summed E-state index contributed by atoms with van der Waals surface area (Å²) in [6, 6.07) is -1.13. The molecule has 0 fully saturated rings. The fourth-order valence-corrected chi connectivity index (χ4v) is 1.16. The number of carbonyl (C=O) groups is 3. The van der Waals surface area contributed by atoms with Crippen LogP contribution in [0.2, 0.25) is 0 Å². The standard InChI is InChI=1S/C11H20N2O6/c1-11(2,3)19-10(17)13(6-8(14)15)5-7(12)9(16)18-4/h7H,5-6,12H2,1-4H3,(H,14,15)/t7-/m1/s1. The highest BCUT2D eigenvalue weighted by atomic mass is 16.6. The number of hydrogen-bond donors (Lipinski definition) is 2. The van der Waals surface area contributed by atoms with Gasteiger partial charge in [-0.05, 0) is 20.8 Å². The quantitative estimate of drug-likeness (QED) is 0.668. The van der Waals surface area contributed by atoms with Crippen LogP contribution in [0.4, 0.5) is 4.79 Å². The van der Waals surface area contributed by atoms with Crippen molar-refractivity contribution >= 4 is 18.0 Å². The number of methoxy groups -OCH3 is 1. The highest BCUT2D eigenvalue weighted by molar-refractivity contribution is 5.79. The lowest BCUT2D eigenvalue weighted by Gasteiger charge is -2.27. The zero-order chi connectivity index (χ0) is 15.2. The van der Waals surface area contributed by atoms with Gasteiger partial charge < -0.3 is 20.3 Å². The minimum absolute atomic E-state index is 0.298. The molecule has 0 aliphatic heterocycles. The van der Waals surface area contributed by atoms with Gasteiger partial charge in [-0.3, -0.25) is 14.5 Å². The summed E-state index contributed by atoms with van der Waals surface area (Å²) < 4.78 is 9.44. The first-order chi connectivity index (χ1) is 8.56. The Hall–Kier alpha value is -1.83. The summed E-state index contributed by atoms with van der Waals surface area (Å²) >= 11 is 0. The summed E-state index contributed by atoms with van der Waals surface area (Å²) in [5, 5.41) is 8.73. The van der Waals surface area contributed by atoms with Gasteiger partial charge in [-0.15, -0.1) is 0 Å². The van der Waals surface area contributed by atoms with Crippen molar-refractivity contribution in [2.24, 2.45) is 5.73 Å². The van der Waals surface area contributed by atoms with E-state index in [0.717, 1.165) is 12.0 Å². The van der Waals surface area contributed by atoms with Gasteiger partial charge in [0.15, 0.2) is 0 Å². The Balaban J connectivity index is 4.76. The van der Waals surface area contributed by atoms with E-state index in [4.69, 9.17) is 15.6 Å². The smallest absolute Gasteiger partial charge is 0.410 e. The minimum Gasteiger partial charge on any atom is -0.480 e. The van der Waals surface area contributed by atoms with E-state index in [9.17, 15) is 14.4 Å². The molecule has 0 bridgehead atoms. The highest BCUT2D eigenvalue weighted by Gasteiger charge is 2.27. The Morgan fingerprint density at radius 2 is 1.84 bits per heavy atom. The first kappa shape index (κ1) is 17.2. The molecule has 0 aliphatic carbocycles. The Morgan fingerprint density at radius 1 is 1.32 bits per heavy atom. The van der Waals surface area contributed by atoms with Gasteiger partial charge in [-0.2, -0.15) is 0 Å². The zero-order valence-corrected chi connectivity index (χ0v) is 11.5. The number of amides is 1. The normalized spacial score (nSPS) is 12.5. The molecule has 0 saturated heterocycles. The average molecular weight is 276 g/mol. The van der Waals surface area contributed by atoms with Crippen molar-refractivity contribution in [1.82, 2.24) is 4.90 Å². The summed E-state index contributed by atoms with van der Waals surface area (Å²) in [5.41, 5.74) is 4.71. The number of esters is 1. The van der Waals surface area contributed by atoms with Crippen molar-refractivity contribution < 1.29 is 29.0 Å². The van der Waals surface area contributed by atoms with Crippen molar-refractivity contribution in [2.75, 3.05) is 20.2 Å². The number of nitrogens with zero attached hydrogens (tertiary/aromatic N) is 1. The molecule has 3 N–H and O–H groups in total. The number of rotatable bonds is 5. The molecule has 110 valence electrons. The third kappa shape index (κ3) is 7.24. The minimum atomic E-state index is -1.23. The average Bonchev–Trinajstić information content (AvgIpc) is 2.23. The molecule has 0 unspecified atom stereocenters. The van der Waals surface area contributed by atoms with Crippen LogP contribution in [0.25, 0.3) is 0 Å². The van der Waals surface area contributed by atoms with E-state index in [1.807, 2.05) is 0 Å². The second-order valence-corrected chi connectivity index (χ2v) is 4.88. The first-order valence-corrected chi connectivity index (χ1v) is 5.60. The molecule has 0 spiro atoms. The Bertz CT molecular complexity index is 350. The lowest BCUT2D eigenvalue weighted by molar-refractivity contribution is -0.144. The molecule has 19 heavy (non-hydrogen) atoms. The lowest BCUT2D eigenvalue weighted by Crippen LogP contribution is -2.48. The Kier molecular flexibility index (Phi) is 6.26. The highest BCUT2D eigenvalue weighted by Crippen LogP contribution is 2.10. The van der Waals surface area contributed by atoms with E-state index in [-0.39, 0.29) is 6.54 Å². The van der Waals surface area contributed by atoms with Crippen LogP contribution in [0.15, 0.2) is 0 Å². The van der Waals surface area contributed by atoms with Gasteiger partial charge >= 0.3 is 18.0 Å². The summed E-state index contributed by atoms with van der Waals surface area (Å²) in [7, 11) is 1.15.